The second-order valence-electron chi connectivity index (χ2n) is 10.4. The summed E-state index contributed by atoms with van der Waals surface area (Å²) in [6, 6.07) is 7.67. The van der Waals surface area contributed by atoms with Crippen molar-refractivity contribution in [2.24, 2.45) is 11.8 Å². The Bertz CT molecular complexity index is 1140. The smallest absolute Gasteiger partial charge is 0.310 e. The van der Waals surface area contributed by atoms with E-state index in [4.69, 9.17) is 23.7 Å². The third kappa shape index (κ3) is 4.66. The van der Waals surface area contributed by atoms with Gasteiger partial charge in [-0.25, -0.2) is 0 Å². The maximum atomic E-state index is 13.3. The van der Waals surface area contributed by atoms with Crippen molar-refractivity contribution < 1.29 is 33.6 Å². The minimum absolute atomic E-state index is 0.0124. The van der Waals surface area contributed by atoms with Crippen LogP contribution in [0.3, 0.4) is 0 Å². The summed E-state index contributed by atoms with van der Waals surface area (Å²) < 4.78 is 28.1. The number of hydrogen-bond acceptors (Lipinski definition) is 9. The van der Waals surface area contributed by atoms with E-state index in [0.29, 0.717) is 23.9 Å². The monoisotopic (exact) mass is 512 g/mol. The molecule has 4 atom stereocenters. The first-order valence-electron chi connectivity index (χ1n) is 12.7. The van der Waals surface area contributed by atoms with Gasteiger partial charge >= 0.3 is 5.97 Å². The van der Waals surface area contributed by atoms with Crippen LogP contribution in [0.5, 0.6) is 28.7 Å². The quantitative estimate of drug-likeness (QED) is 0.509. The highest BCUT2D eigenvalue weighted by molar-refractivity contribution is 5.79. The molecule has 37 heavy (non-hydrogen) atoms. The van der Waals surface area contributed by atoms with Gasteiger partial charge in [-0.3, -0.25) is 4.79 Å². The van der Waals surface area contributed by atoms with Crippen LogP contribution in [0.2, 0.25) is 0 Å². The number of likely N-dealkylation sites (N-methyl/N-ethyl adjacent to an activating group) is 2. The van der Waals surface area contributed by atoms with E-state index < -0.39 is 0 Å². The molecule has 1 fully saturated rings. The number of benzene rings is 2. The largest absolute Gasteiger partial charge is 0.502 e. The summed E-state index contributed by atoms with van der Waals surface area (Å²) in [6.45, 7) is 3.40. The Morgan fingerprint density at radius 3 is 2.19 bits per heavy atom. The van der Waals surface area contributed by atoms with Gasteiger partial charge < -0.3 is 38.6 Å². The van der Waals surface area contributed by atoms with Crippen molar-refractivity contribution >= 4 is 5.97 Å². The van der Waals surface area contributed by atoms with Gasteiger partial charge in [-0.05, 0) is 81.0 Å². The first-order valence-corrected chi connectivity index (χ1v) is 12.7. The van der Waals surface area contributed by atoms with E-state index in [1.165, 1.54) is 14.2 Å². The number of ether oxygens (including phenoxy) is 5. The van der Waals surface area contributed by atoms with E-state index in [1.54, 1.807) is 12.1 Å². The van der Waals surface area contributed by atoms with Crippen molar-refractivity contribution in [1.29, 1.82) is 0 Å². The fraction of sp³-hybridized carbons (Fsp3) is 0.536. The molecule has 1 saturated heterocycles. The van der Waals surface area contributed by atoms with Gasteiger partial charge in [0, 0.05) is 24.9 Å². The Labute approximate surface area is 217 Å². The highest BCUT2D eigenvalue weighted by atomic mass is 16.7. The molecule has 1 aliphatic carbocycles. The molecule has 1 N–H and O–H groups in total. The first-order chi connectivity index (χ1) is 17.8. The molecular formula is C28H36N2O7. The third-order valence-corrected chi connectivity index (χ3v) is 7.95. The lowest BCUT2D eigenvalue weighted by molar-refractivity contribution is -0.141. The molecule has 3 aliphatic rings. The third-order valence-electron chi connectivity index (χ3n) is 7.95. The normalized spacial score (nSPS) is 23.7. The molecule has 0 radical (unpaired) electrons. The fourth-order valence-corrected chi connectivity index (χ4v) is 5.98. The fourth-order valence-electron chi connectivity index (χ4n) is 5.98. The molecule has 9 heteroatoms. The van der Waals surface area contributed by atoms with Crippen molar-refractivity contribution in [1.82, 2.24) is 9.80 Å². The molecule has 5 rings (SSSR count). The SMILES string of the molecule is COc1cc([C@H]2c3cc4c(cc3[C@H](CCN(C)CCN(C)C)[C@@H]3COC(=O)[C@@H]23)OCO4)cc(OC)c1O. The lowest BCUT2D eigenvalue weighted by atomic mass is 9.62. The number of aromatic hydroxyl groups is 1. The van der Waals surface area contributed by atoms with Crippen molar-refractivity contribution in [2.45, 2.75) is 18.3 Å². The standard InChI is InChI=1S/C28H36N2O7/c1-29(2)8-9-30(3)7-6-17-18-12-21-22(37-15-36-21)13-19(18)25(26-20(17)14-35-28(26)32)16-10-23(33-4)27(31)24(11-16)34-5/h10-13,17,20,25-26,31H,6-9,14-15H2,1-5H3/t17-,20-,25-,26+/m0/s1. The van der Waals surface area contributed by atoms with Crippen LogP contribution in [0.1, 0.15) is 34.9 Å². The van der Waals surface area contributed by atoms with E-state index in [2.05, 4.69) is 37.0 Å². The minimum atomic E-state index is -0.371. The van der Waals surface area contributed by atoms with Crippen LogP contribution in [0.15, 0.2) is 24.3 Å². The number of rotatable bonds is 9. The average Bonchev–Trinajstić information content (AvgIpc) is 3.50. The zero-order valence-corrected chi connectivity index (χ0v) is 22.2. The predicted octanol–water partition coefficient (Wildman–Crippen LogP) is 3.04. The molecule has 200 valence electrons. The number of nitrogens with zero attached hydrogens (tertiary/aromatic N) is 2. The summed E-state index contributed by atoms with van der Waals surface area (Å²) >= 11 is 0. The zero-order valence-electron chi connectivity index (χ0n) is 22.2. The van der Waals surface area contributed by atoms with Crippen molar-refractivity contribution in [2.75, 3.05) is 68.4 Å². The summed E-state index contributed by atoms with van der Waals surface area (Å²) in [5, 5.41) is 10.5. The molecule has 2 aliphatic heterocycles. The van der Waals surface area contributed by atoms with E-state index in [9.17, 15) is 9.90 Å². The Morgan fingerprint density at radius 1 is 0.919 bits per heavy atom. The van der Waals surface area contributed by atoms with Crippen molar-refractivity contribution in [3.63, 3.8) is 0 Å². The summed E-state index contributed by atoms with van der Waals surface area (Å²) in [5.41, 5.74) is 2.99. The number of phenolic OH excluding ortho intramolecular Hbond substituents is 1. The molecule has 2 aromatic carbocycles. The molecule has 0 unspecified atom stereocenters. The molecule has 0 amide bonds. The highest BCUT2D eigenvalue weighted by Crippen LogP contribution is 2.56. The second-order valence-corrected chi connectivity index (χ2v) is 10.4. The van der Waals surface area contributed by atoms with Crippen LogP contribution in [-0.4, -0.2) is 89.3 Å². The summed E-state index contributed by atoms with van der Waals surface area (Å²) in [7, 11) is 9.29. The first kappa shape index (κ1) is 25.5. The van der Waals surface area contributed by atoms with Crippen LogP contribution < -0.4 is 18.9 Å². The lowest BCUT2D eigenvalue weighted by Gasteiger charge is -2.40. The van der Waals surface area contributed by atoms with Gasteiger partial charge in [-0.15, -0.1) is 0 Å². The number of carbonyl (C=O) groups excluding carboxylic acids is 1. The summed E-state index contributed by atoms with van der Waals surface area (Å²) in [4.78, 5) is 17.8. The van der Waals surface area contributed by atoms with E-state index in [0.717, 1.165) is 48.5 Å². The van der Waals surface area contributed by atoms with Crippen LogP contribution in [0.25, 0.3) is 0 Å². The predicted molar refractivity (Wildman–Crippen MR) is 137 cm³/mol. The zero-order chi connectivity index (χ0) is 26.3. The number of esters is 1. The van der Waals surface area contributed by atoms with Crippen molar-refractivity contribution in [3.05, 3.63) is 41.0 Å². The highest BCUT2D eigenvalue weighted by Gasteiger charge is 2.52. The molecule has 0 spiro atoms. The number of cyclic esters (lactones) is 1. The van der Waals surface area contributed by atoms with Gasteiger partial charge in [0.1, 0.15) is 0 Å². The van der Waals surface area contributed by atoms with Gasteiger partial charge in [-0.1, -0.05) is 0 Å². The number of carbonyl (C=O) groups is 1. The Hall–Kier alpha value is -3.17. The van der Waals surface area contributed by atoms with Crippen LogP contribution in [0.4, 0.5) is 0 Å². The number of fused-ring (bicyclic) bond motifs is 3. The van der Waals surface area contributed by atoms with Gasteiger partial charge in [0.2, 0.25) is 12.5 Å². The van der Waals surface area contributed by atoms with E-state index in [1.807, 2.05) is 6.07 Å². The molecule has 2 heterocycles. The van der Waals surface area contributed by atoms with Gasteiger partial charge in [0.05, 0.1) is 26.7 Å². The lowest BCUT2D eigenvalue weighted by Crippen LogP contribution is -2.37. The topological polar surface area (TPSA) is 89.9 Å². The van der Waals surface area contributed by atoms with E-state index in [-0.39, 0.29) is 42.2 Å². The molecule has 0 aromatic heterocycles. The maximum Gasteiger partial charge on any atom is 0.310 e. The molecule has 0 bridgehead atoms. The van der Waals surface area contributed by atoms with E-state index >= 15 is 0 Å². The van der Waals surface area contributed by atoms with Crippen LogP contribution >= 0.6 is 0 Å². The number of hydrogen-bond donors (Lipinski definition) is 1. The molecule has 0 saturated carbocycles. The number of phenols is 1. The molecule has 2 aromatic rings. The van der Waals surface area contributed by atoms with Crippen molar-refractivity contribution in [3.8, 4) is 28.7 Å². The second kappa shape index (κ2) is 10.3. The summed E-state index contributed by atoms with van der Waals surface area (Å²) in [5.74, 6) is 1.18. The minimum Gasteiger partial charge on any atom is -0.502 e. The molecule has 9 nitrogen and oxygen atoms in total. The van der Waals surface area contributed by atoms with Gasteiger partial charge in [0.15, 0.2) is 23.0 Å². The van der Waals surface area contributed by atoms with Crippen LogP contribution in [0, 0.1) is 11.8 Å². The Morgan fingerprint density at radius 2 is 1.57 bits per heavy atom. The average molecular weight is 513 g/mol. The van der Waals surface area contributed by atoms with Gasteiger partial charge in [0.25, 0.3) is 0 Å². The maximum absolute atomic E-state index is 13.3. The Balaban J connectivity index is 1.59. The number of methoxy groups -OCH3 is 2. The Kier molecular flexibility index (Phi) is 7.09. The summed E-state index contributed by atoms with van der Waals surface area (Å²) in [6.07, 6.45) is 0.892. The van der Waals surface area contributed by atoms with Gasteiger partial charge in [-0.2, -0.15) is 0 Å². The molecular weight excluding hydrogens is 476 g/mol. The van der Waals surface area contributed by atoms with Crippen LogP contribution in [-0.2, 0) is 9.53 Å².